The van der Waals surface area contributed by atoms with Crippen LogP contribution in [0.4, 0.5) is 0 Å². The zero-order valence-corrected chi connectivity index (χ0v) is 13.2. The molecule has 1 aliphatic heterocycles. The second-order valence-corrected chi connectivity index (χ2v) is 5.20. The van der Waals surface area contributed by atoms with E-state index in [4.69, 9.17) is 9.47 Å². The molecule has 7 nitrogen and oxygen atoms in total. The maximum absolute atomic E-state index is 12.5. The van der Waals surface area contributed by atoms with Gasteiger partial charge in [-0.05, 0) is 26.0 Å². The summed E-state index contributed by atoms with van der Waals surface area (Å²) < 4.78 is 10.0. The summed E-state index contributed by atoms with van der Waals surface area (Å²) in [5.74, 6) is -2.40. The second-order valence-electron chi connectivity index (χ2n) is 5.20. The minimum Gasteiger partial charge on any atom is -0.496 e. The van der Waals surface area contributed by atoms with Crippen molar-refractivity contribution in [3.05, 3.63) is 29.3 Å². The summed E-state index contributed by atoms with van der Waals surface area (Å²) in [6.07, 6.45) is -1.06. The number of hydrogen-bond acceptors (Lipinski definition) is 6. The van der Waals surface area contributed by atoms with Crippen LogP contribution in [-0.2, 0) is 9.53 Å². The quantitative estimate of drug-likeness (QED) is 0.617. The molecule has 0 saturated carbocycles. The third-order valence-electron chi connectivity index (χ3n) is 3.73. The summed E-state index contributed by atoms with van der Waals surface area (Å²) in [5, 5.41) is 9.78. The summed E-state index contributed by atoms with van der Waals surface area (Å²) in [6.45, 7) is 2.97. The molecule has 1 heterocycles. The number of carbonyl (C=O) groups is 3. The van der Waals surface area contributed by atoms with Crippen LogP contribution in [0.25, 0.3) is 0 Å². The highest BCUT2D eigenvalue weighted by molar-refractivity contribution is 6.22. The van der Waals surface area contributed by atoms with E-state index in [0.29, 0.717) is 5.75 Å². The molecule has 2 atom stereocenters. The molecular weight excluding hydrogens is 302 g/mol. The third-order valence-corrected chi connectivity index (χ3v) is 3.73. The first-order valence-corrected chi connectivity index (χ1v) is 7.30. The van der Waals surface area contributed by atoms with Crippen molar-refractivity contribution < 1.29 is 29.0 Å². The molecule has 0 saturated heterocycles. The number of carbonyl (C=O) groups excluding carboxylic acids is 3. The number of imide groups is 1. The fraction of sp³-hybridized carbons (Fsp3) is 0.438. The molecule has 0 bridgehead atoms. The van der Waals surface area contributed by atoms with Gasteiger partial charge in [-0.2, -0.15) is 0 Å². The molecule has 0 aromatic heterocycles. The molecule has 2 rings (SSSR count). The number of hydrogen-bond donors (Lipinski definition) is 1. The van der Waals surface area contributed by atoms with E-state index in [1.54, 1.807) is 19.1 Å². The van der Waals surface area contributed by atoms with Crippen molar-refractivity contribution in [2.45, 2.75) is 20.0 Å². The van der Waals surface area contributed by atoms with E-state index in [9.17, 15) is 19.5 Å². The van der Waals surface area contributed by atoms with Crippen LogP contribution in [0, 0.1) is 5.92 Å². The third kappa shape index (κ3) is 3.05. The van der Waals surface area contributed by atoms with E-state index in [1.165, 1.54) is 20.1 Å². The summed E-state index contributed by atoms with van der Waals surface area (Å²) in [5.41, 5.74) is 0.399. The number of benzene rings is 1. The number of methoxy groups -OCH3 is 1. The van der Waals surface area contributed by atoms with E-state index in [2.05, 4.69) is 0 Å². The molecule has 0 fully saturated rings. The molecule has 124 valence electrons. The van der Waals surface area contributed by atoms with Gasteiger partial charge in [0, 0.05) is 6.54 Å². The van der Waals surface area contributed by atoms with Gasteiger partial charge in [-0.15, -0.1) is 0 Å². The molecule has 0 spiro atoms. The van der Waals surface area contributed by atoms with Gasteiger partial charge in [-0.1, -0.05) is 6.07 Å². The highest BCUT2D eigenvalue weighted by Gasteiger charge is 2.41. The highest BCUT2D eigenvalue weighted by atomic mass is 16.5. The number of aliphatic hydroxyl groups is 1. The summed E-state index contributed by atoms with van der Waals surface area (Å²) in [7, 11) is 1.41. The van der Waals surface area contributed by atoms with Gasteiger partial charge in [-0.3, -0.25) is 19.3 Å². The van der Waals surface area contributed by atoms with E-state index in [-0.39, 0.29) is 24.3 Å². The van der Waals surface area contributed by atoms with Crippen LogP contribution >= 0.6 is 0 Å². The van der Waals surface area contributed by atoms with Crippen LogP contribution in [0.5, 0.6) is 5.75 Å². The molecule has 23 heavy (non-hydrogen) atoms. The van der Waals surface area contributed by atoms with Gasteiger partial charge in [0.1, 0.15) is 11.7 Å². The molecule has 1 aromatic rings. The lowest BCUT2D eigenvalue weighted by atomic mass is 10.0. The smallest absolute Gasteiger partial charge is 0.313 e. The monoisotopic (exact) mass is 321 g/mol. The Morgan fingerprint density at radius 2 is 2.00 bits per heavy atom. The summed E-state index contributed by atoms with van der Waals surface area (Å²) in [4.78, 5) is 37.8. The predicted octanol–water partition coefficient (Wildman–Crippen LogP) is 0.851. The number of rotatable bonds is 6. The van der Waals surface area contributed by atoms with Gasteiger partial charge in [0.15, 0.2) is 0 Å². The molecular formula is C16H19NO6. The van der Waals surface area contributed by atoms with Crippen molar-refractivity contribution in [2.24, 2.45) is 5.92 Å². The molecule has 7 heteroatoms. The van der Waals surface area contributed by atoms with Gasteiger partial charge in [0.05, 0.1) is 30.9 Å². The summed E-state index contributed by atoms with van der Waals surface area (Å²) in [6, 6.07) is 4.73. The van der Waals surface area contributed by atoms with Crippen LogP contribution < -0.4 is 4.74 Å². The number of nitrogens with zero attached hydrogens (tertiary/aromatic N) is 1. The SMILES string of the molecule is CCOC(=O)[C@@H](CN1C(=O)c2cccc(OC)c2C1=O)[C@@H](C)O. The average molecular weight is 321 g/mol. The molecule has 0 radical (unpaired) electrons. The van der Waals surface area contributed by atoms with Crippen molar-refractivity contribution in [2.75, 3.05) is 20.3 Å². The zero-order chi connectivity index (χ0) is 17.1. The first kappa shape index (κ1) is 17.0. The Hall–Kier alpha value is -2.41. The number of esters is 1. The van der Waals surface area contributed by atoms with Crippen LogP contribution in [-0.4, -0.2) is 54.2 Å². The molecule has 1 aromatic carbocycles. The fourth-order valence-electron chi connectivity index (χ4n) is 2.51. The Labute approximate surface area is 133 Å². The highest BCUT2D eigenvalue weighted by Crippen LogP contribution is 2.31. The number of ether oxygens (including phenoxy) is 2. The van der Waals surface area contributed by atoms with Crippen LogP contribution in [0.2, 0.25) is 0 Å². The minimum atomic E-state index is -1.06. The van der Waals surface area contributed by atoms with Gasteiger partial charge in [0.2, 0.25) is 0 Å². The largest absolute Gasteiger partial charge is 0.496 e. The van der Waals surface area contributed by atoms with E-state index >= 15 is 0 Å². The summed E-state index contributed by atoms with van der Waals surface area (Å²) >= 11 is 0. The first-order valence-electron chi connectivity index (χ1n) is 7.30. The molecule has 1 aliphatic rings. The molecule has 0 aliphatic carbocycles. The number of aliphatic hydroxyl groups excluding tert-OH is 1. The standard InChI is InChI=1S/C16H19NO6/c1-4-23-16(21)11(9(2)18)8-17-14(19)10-6-5-7-12(22-3)13(10)15(17)20/h5-7,9,11,18H,4,8H2,1-3H3/t9-,11+/m1/s1. The van der Waals surface area contributed by atoms with Crippen LogP contribution in [0.1, 0.15) is 34.6 Å². The van der Waals surface area contributed by atoms with Crippen molar-refractivity contribution in [1.82, 2.24) is 4.90 Å². The Balaban J connectivity index is 2.30. The average Bonchev–Trinajstić information content (AvgIpc) is 2.76. The normalized spacial score (nSPS) is 16.1. The Morgan fingerprint density at radius 3 is 2.57 bits per heavy atom. The van der Waals surface area contributed by atoms with Gasteiger partial charge in [-0.25, -0.2) is 0 Å². The lowest BCUT2D eigenvalue weighted by Gasteiger charge is -2.23. The Morgan fingerprint density at radius 1 is 1.30 bits per heavy atom. The molecule has 2 amide bonds. The number of amides is 2. The topological polar surface area (TPSA) is 93.1 Å². The first-order chi connectivity index (χ1) is 10.9. The van der Waals surface area contributed by atoms with Crippen LogP contribution in [0.15, 0.2) is 18.2 Å². The van der Waals surface area contributed by atoms with Crippen molar-refractivity contribution in [3.63, 3.8) is 0 Å². The maximum Gasteiger partial charge on any atom is 0.313 e. The Bertz CT molecular complexity index is 639. The molecule has 1 N–H and O–H groups in total. The van der Waals surface area contributed by atoms with Gasteiger partial charge >= 0.3 is 5.97 Å². The van der Waals surface area contributed by atoms with E-state index in [1.807, 2.05) is 0 Å². The fourth-order valence-corrected chi connectivity index (χ4v) is 2.51. The van der Waals surface area contributed by atoms with Crippen molar-refractivity contribution in [1.29, 1.82) is 0 Å². The van der Waals surface area contributed by atoms with E-state index < -0.39 is 29.8 Å². The van der Waals surface area contributed by atoms with Crippen molar-refractivity contribution >= 4 is 17.8 Å². The van der Waals surface area contributed by atoms with E-state index in [0.717, 1.165) is 4.90 Å². The van der Waals surface area contributed by atoms with Gasteiger partial charge < -0.3 is 14.6 Å². The van der Waals surface area contributed by atoms with Crippen molar-refractivity contribution in [3.8, 4) is 5.75 Å². The minimum absolute atomic E-state index is 0.151. The molecule has 0 unspecified atom stereocenters. The maximum atomic E-state index is 12.5. The predicted molar refractivity (Wildman–Crippen MR) is 80.2 cm³/mol. The van der Waals surface area contributed by atoms with Crippen LogP contribution in [0.3, 0.4) is 0 Å². The zero-order valence-electron chi connectivity index (χ0n) is 13.2. The Kier molecular flexibility index (Phi) is 5.00. The lowest BCUT2D eigenvalue weighted by molar-refractivity contribution is -0.151. The second kappa shape index (κ2) is 6.78. The van der Waals surface area contributed by atoms with Gasteiger partial charge in [0.25, 0.3) is 11.8 Å². The number of fused-ring (bicyclic) bond motifs is 1. The lowest BCUT2D eigenvalue weighted by Crippen LogP contribution is -2.42.